The third-order valence-corrected chi connectivity index (χ3v) is 7.52. The molecule has 1 atom stereocenters. The second-order valence-electron chi connectivity index (χ2n) is 6.14. The summed E-state index contributed by atoms with van der Waals surface area (Å²) in [5, 5.41) is 4.51. The molecule has 3 rings (SSSR count). The van der Waals surface area contributed by atoms with Gasteiger partial charge < -0.3 is 10.2 Å². The maximum Gasteiger partial charge on any atom is 0.250 e. The van der Waals surface area contributed by atoms with Crippen molar-refractivity contribution in [2.24, 2.45) is 5.92 Å². The van der Waals surface area contributed by atoms with E-state index in [1.165, 1.54) is 6.07 Å². The van der Waals surface area contributed by atoms with Crippen molar-refractivity contribution < 1.29 is 13.2 Å². The lowest BCUT2D eigenvalue weighted by atomic mass is 10.1. The average molecular weight is 458 g/mol. The highest BCUT2D eigenvalue weighted by Crippen LogP contribution is 2.25. The number of thiophene rings is 1. The third-order valence-electron chi connectivity index (χ3n) is 4.23. The molecular weight excluding hydrogens is 438 g/mol. The van der Waals surface area contributed by atoms with Crippen molar-refractivity contribution in [2.75, 3.05) is 31.1 Å². The lowest BCUT2D eigenvalue weighted by Crippen LogP contribution is -2.39. The van der Waals surface area contributed by atoms with Gasteiger partial charge >= 0.3 is 0 Å². The Labute approximate surface area is 165 Å². The summed E-state index contributed by atoms with van der Waals surface area (Å²) in [4.78, 5) is 14.3. The van der Waals surface area contributed by atoms with Crippen LogP contribution >= 0.6 is 27.3 Å². The molecule has 0 bridgehead atoms. The van der Waals surface area contributed by atoms with E-state index < -0.39 is 10.0 Å². The van der Waals surface area contributed by atoms with E-state index in [2.05, 4.69) is 43.0 Å². The molecule has 0 radical (unpaired) electrons. The van der Waals surface area contributed by atoms with Gasteiger partial charge in [0.05, 0.1) is 6.54 Å². The summed E-state index contributed by atoms with van der Waals surface area (Å²) in [6.45, 7) is 2.12. The molecule has 1 saturated heterocycles. The van der Waals surface area contributed by atoms with Crippen LogP contribution in [0.1, 0.15) is 6.42 Å². The number of carbonyl (C=O) groups excluding carboxylic acids is 1. The lowest BCUT2D eigenvalue weighted by Gasteiger charge is -2.19. The molecule has 1 amide bonds. The first kappa shape index (κ1) is 19.3. The fourth-order valence-corrected chi connectivity index (χ4v) is 5.28. The number of anilines is 1. The Hall–Kier alpha value is -1.42. The first-order valence-corrected chi connectivity index (χ1v) is 11.4. The van der Waals surface area contributed by atoms with E-state index in [0.29, 0.717) is 12.5 Å². The Kier molecular flexibility index (Phi) is 6.33. The number of amides is 1. The molecule has 1 aromatic carbocycles. The Balaban J connectivity index is 1.43. The smallest absolute Gasteiger partial charge is 0.250 e. The van der Waals surface area contributed by atoms with E-state index in [1.807, 2.05) is 12.1 Å². The number of carbonyl (C=O) groups is 1. The van der Waals surface area contributed by atoms with E-state index in [0.717, 1.165) is 41.0 Å². The first-order valence-electron chi connectivity index (χ1n) is 8.24. The molecule has 6 nitrogen and oxygen atoms in total. The first-order chi connectivity index (χ1) is 12.4. The molecule has 1 aliphatic heterocycles. The Morgan fingerprint density at radius 2 is 2.15 bits per heavy atom. The normalized spacial score (nSPS) is 17.4. The molecule has 1 fully saturated rings. The van der Waals surface area contributed by atoms with Gasteiger partial charge in [-0.05, 0) is 42.0 Å². The second-order valence-corrected chi connectivity index (χ2v) is 10.00. The quantitative estimate of drug-likeness (QED) is 0.668. The van der Waals surface area contributed by atoms with Gasteiger partial charge in [-0.3, -0.25) is 4.79 Å². The molecule has 2 N–H and O–H groups in total. The van der Waals surface area contributed by atoms with E-state index >= 15 is 0 Å². The molecular formula is C17H20BrN3O3S2. The Morgan fingerprint density at radius 3 is 2.88 bits per heavy atom. The monoisotopic (exact) mass is 457 g/mol. The molecule has 0 saturated carbocycles. The van der Waals surface area contributed by atoms with Crippen molar-refractivity contribution in [2.45, 2.75) is 10.6 Å². The van der Waals surface area contributed by atoms with Crippen LogP contribution in [0.5, 0.6) is 0 Å². The fraction of sp³-hybridized carbons (Fsp3) is 0.353. The summed E-state index contributed by atoms with van der Waals surface area (Å²) in [6.07, 6.45) is 0.994. The summed E-state index contributed by atoms with van der Waals surface area (Å²) < 4.78 is 27.6. The topological polar surface area (TPSA) is 78.5 Å². The van der Waals surface area contributed by atoms with Crippen molar-refractivity contribution in [3.8, 4) is 0 Å². The van der Waals surface area contributed by atoms with E-state index in [1.54, 1.807) is 11.4 Å². The predicted octanol–water partition coefficient (Wildman–Crippen LogP) is 2.43. The van der Waals surface area contributed by atoms with Gasteiger partial charge in [0, 0.05) is 29.8 Å². The minimum absolute atomic E-state index is 0.214. The second kappa shape index (κ2) is 8.51. The zero-order valence-corrected chi connectivity index (χ0v) is 17.2. The maximum absolute atomic E-state index is 12.0. The number of hydrogen-bond acceptors (Lipinski definition) is 5. The van der Waals surface area contributed by atoms with Crippen LogP contribution in [0.3, 0.4) is 0 Å². The number of sulfonamides is 1. The Bertz CT molecular complexity index is 856. The van der Waals surface area contributed by atoms with E-state index in [4.69, 9.17) is 0 Å². The maximum atomic E-state index is 12.0. The van der Waals surface area contributed by atoms with Crippen LogP contribution in [-0.4, -0.2) is 40.5 Å². The molecule has 0 aliphatic carbocycles. The standard InChI is InChI=1S/C17H20BrN3O3S2/c18-14-3-1-4-15(9-14)21-7-6-13(12-21)10-19-16(22)11-20-26(23,24)17-5-2-8-25-17/h1-5,8-9,13,20H,6-7,10-12H2,(H,19,22). The van der Waals surface area contributed by atoms with Crippen LogP contribution in [0.15, 0.2) is 50.5 Å². The van der Waals surface area contributed by atoms with Gasteiger partial charge in [-0.15, -0.1) is 11.3 Å². The summed E-state index contributed by atoms with van der Waals surface area (Å²) in [7, 11) is -3.60. The zero-order chi connectivity index (χ0) is 18.6. The number of nitrogens with zero attached hydrogens (tertiary/aromatic N) is 1. The zero-order valence-electron chi connectivity index (χ0n) is 14.0. The van der Waals surface area contributed by atoms with Gasteiger partial charge in [-0.25, -0.2) is 13.1 Å². The molecule has 26 heavy (non-hydrogen) atoms. The van der Waals surface area contributed by atoms with Crippen LogP contribution in [0.2, 0.25) is 0 Å². The Morgan fingerprint density at radius 1 is 1.31 bits per heavy atom. The highest BCUT2D eigenvalue weighted by molar-refractivity contribution is 9.10. The van der Waals surface area contributed by atoms with Gasteiger partial charge in [0.15, 0.2) is 0 Å². The number of rotatable bonds is 7. The van der Waals surface area contributed by atoms with Gasteiger partial charge in [-0.2, -0.15) is 0 Å². The average Bonchev–Trinajstić information content (AvgIpc) is 3.30. The molecule has 1 aliphatic rings. The molecule has 2 heterocycles. The number of halogens is 1. The summed E-state index contributed by atoms with van der Waals surface area (Å²) in [6, 6.07) is 11.3. The molecule has 140 valence electrons. The SMILES string of the molecule is O=C(CNS(=O)(=O)c1cccs1)NCC1CCN(c2cccc(Br)c2)C1. The summed E-state index contributed by atoms with van der Waals surface area (Å²) in [5.41, 5.74) is 1.16. The van der Waals surface area contributed by atoms with Gasteiger partial charge in [0.2, 0.25) is 5.91 Å². The minimum atomic E-state index is -3.60. The number of benzene rings is 1. The third kappa shape index (κ3) is 5.06. The van der Waals surface area contributed by atoms with Crippen molar-refractivity contribution in [1.29, 1.82) is 0 Å². The number of nitrogens with one attached hydrogen (secondary N) is 2. The minimum Gasteiger partial charge on any atom is -0.371 e. The van der Waals surface area contributed by atoms with E-state index in [9.17, 15) is 13.2 Å². The highest BCUT2D eigenvalue weighted by Gasteiger charge is 2.23. The van der Waals surface area contributed by atoms with Crippen LogP contribution in [-0.2, 0) is 14.8 Å². The molecule has 1 unspecified atom stereocenters. The van der Waals surface area contributed by atoms with Gasteiger partial charge in [-0.1, -0.05) is 28.1 Å². The van der Waals surface area contributed by atoms with Crippen molar-refractivity contribution >= 4 is 48.9 Å². The summed E-state index contributed by atoms with van der Waals surface area (Å²) >= 11 is 4.61. The van der Waals surface area contributed by atoms with Crippen molar-refractivity contribution in [3.63, 3.8) is 0 Å². The van der Waals surface area contributed by atoms with Crippen LogP contribution < -0.4 is 14.9 Å². The number of hydrogen-bond donors (Lipinski definition) is 2. The van der Waals surface area contributed by atoms with Crippen LogP contribution in [0.25, 0.3) is 0 Å². The largest absolute Gasteiger partial charge is 0.371 e. The van der Waals surface area contributed by atoms with E-state index in [-0.39, 0.29) is 16.7 Å². The molecule has 2 aromatic rings. The lowest BCUT2D eigenvalue weighted by molar-refractivity contribution is -0.120. The molecule has 1 aromatic heterocycles. The van der Waals surface area contributed by atoms with Gasteiger partial charge in [0.1, 0.15) is 4.21 Å². The summed E-state index contributed by atoms with van der Waals surface area (Å²) in [5.74, 6) is 0.0397. The van der Waals surface area contributed by atoms with Crippen LogP contribution in [0.4, 0.5) is 5.69 Å². The highest BCUT2D eigenvalue weighted by atomic mass is 79.9. The molecule has 9 heteroatoms. The van der Waals surface area contributed by atoms with Gasteiger partial charge in [0.25, 0.3) is 10.0 Å². The van der Waals surface area contributed by atoms with Crippen LogP contribution in [0, 0.1) is 5.92 Å². The predicted molar refractivity (Wildman–Crippen MR) is 107 cm³/mol. The molecule has 0 spiro atoms. The fourth-order valence-electron chi connectivity index (χ4n) is 2.88. The van der Waals surface area contributed by atoms with Crippen molar-refractivity contribution in [1.82, 2.24) is 10.0 Å². The van der Waals surface area contributed by atoms with Crippen molar-refractivity contribution in [3.05, 3.63) is 46.3 Å².